The number of pyridine rings is 1. The SMILES string of the molecule is COc1ccc(C(NC(=O)Cc2ccc3oc(C(C)(O)c4cc[n+](O)cc4F)cc3c2)c2ccccc2)c(C)c1. The van der Waals surface area contributed by atoms with Crippen molar-refractivity contribution >= 4 is 16.9 Å². The minimum Gasteiger partial charge on any atom is -0.497 e. The largest absolute Gasteiger partial charge is 0.497 e. The van der Waals surface area contributed by atoms with Gasteiger partial charge in [-0.3, -0.25) is 10.0 Å². The van der Waals surface area contributed by atoms with Crippen LogP contribution in [0.25, 0.3) is 11.0 Å². The molecule has 204 valence electrons. The molecule has 0 radical (unpaired) electrons. The normalized spacial score (nSPS) is 13.5. The molecule has 0 fully saturated rings. The molecule has 2 aromatic heterocycles. The molecule has 40 heavy (non-hydrogen) atoms. The summed E-state index contributed by atoms with van der Waals surface area (Å²) < 4.78 is 26.2. The molecule has 0 aliphatic carbocycles. The number of hydrogen-bond donors (Lipinski definition) is 3. The van der Waals surface area contributed by atoms with Crippen molar-refractivity contribution in [2.75, 3.05) is 7.11 Å². The first kappa shape index (κ1) is 26.9. The van der Waals surface area contributed by atoms with Crippen LogP contribution in [0.4, 0.5) is 4.39 Å². The van der Waals surface area contributed by atoms with Crippen LogP contribution >= 0.6 is 0 Å². The molecule has 0 spiro atoms. The molecular formula is C32H30FN2O5+. The Morgan fingerprint density at radius 2 is 1.88 bits per heavy atom. The molecule has 5 aromatic rings. The maximum absolute atomic E-state index is 14.5. The number of rotatable bonds is 8. The molecule has 7 nitrogen and oxygen atoms in total. The molecule has 2 atom stereocenters. The average Bonchev–Trinajstić information content (AvgIpc) is 3.37. The van der Waals surface area contributed by atoms with Crippen molar-refractivity contribution in [2.45, 2.75) is 31.9 Å². The Labute approximate surface area is 231 Å². The predicted molar refractivity (Wildman–Crippen MR) is 147 cm³/mol. The van der Waals surface area contributed by atoms with Crippen molar-refractivity contribution in [3.05, 3.63) is 131 Å². The minimum absolute atomic E-state index is 0.0442. The zero-order valence-electron chi connectivity index (χ0n) is 22.4. The summed E-state index contributed by atoms with van der Waals surface area (Å²) in [5, 5.41) is 24.4. The first-order chi connectivity index (χ1) is 19.2. The number of furan rings is 1. The second-order valence-corrected chi connectivity index (χ2v) is 9.95. The van der Waals surface area contributed by atoms with E-state index in [2.05, 4.69) is 5.32 Å². The Morgan fingerprint density at radius 1 is 1.10 bits per heavy atom. The number of nitrogens with one attached hydrogen (secondary N) is 1. The van der Waals surface area contributed by atoms with Gasteiger partial charge in [0.1, 0.15) is 22.7 Å². The highest BCUT2D eigenvalue weighted by atomic mass is 19.1. The van der Waals surface area contributed by atoms with Gasteiger partial charge in [-0.25, -0.2) is 0 Å². The Hall–Kier alpha value is -4.69. The number of carbonyl (C=O) groups excluding carboxylic acids is 1. The first-order valence-electron chi connectivity index (χ1n) is 12.8. The van der Waals surface area contributed by atoms with Crippen LogP contribution in [0.1, 0.15) is 46.5 Å². The van der Waals surface area contributed by atoms with E-state index >= 15 is 0 Å². The fraction of sp³-hybridized carbons (Fsp3) is 0.188. The summed E-state index contributed by atoms with van der Waals surface area (Å²) in [6.07, 6.45) is 2.21. The van der Waals surface area contributed by atoms with Gasteiger partial charge in [0, 0.05) is 21.7 Å². The van der Waals surface area contributed by atoms with Gasteiger partial charge in [0.2, 0.25) is 12.1 Å². The van der Waals surface area contributed by atoms with Crippen molar-refractivity contribution in [3.8, 4) is 5.75 Å². The maximum Gasteiger partial charge on any atom is 0.258 e. The van der Waals surface area contributed by atoms with Gasteiger partial charge in [-0.2, -0.15) is 4.39 Å². The Balaban J connectivity index is 1.39. The van der Waals surface area contributed by atoms with Gasteiger partial charge in [-0.05, 0) is 66.4 Å². The molecule has 0 bridgehead atoms. The van der Waals surface area contributed by atoms with Crippen molar-refractivity contribution in [2.24, 2.45) is 0 Å². The summed E-state index contributed by atoms with van der Waals surface area (Å²) in [4.78, 5) is 13.3. The van der Waals surface area contributed by atoms with Gasteiger partial charge in [0.25, 0.3) is 6.20 Å². The fourth-order valence-electron chi connectivity index (χ4n) is 4.91. The molecule has 0 aliphatic heterocycles. The molecule has 8 heteroatoms. The van der Waals surface area contributed by atoms with Crippen LogP contribution in [-0.4, -0.2) is 23.3 Å². The van der Waals surface area contributed by atoms with E-state index in [0.29, 0.717) is 15.7 Å². The second kappa shape index (κ2) is 10.8. The van der Waals surface area contributed by atoms with Crippen molar-refractivity contribution in [3.63, 3.8) is 0 Å². The number of methoxy groups -OCH3 is 1. The smallest absolute Gasteiger partial charge is 0.258 e. The first-order valence-corrected chi connectivity index (χ1v) is 12.8. The van der Waals surface area contributed by atoms with Crippen LogP contribution in [0.2, 0.25) is 0 Å². The Kier molecular flexibility index (Phi) is 7.28. The molecule has 1 amide bonds. The molecule has 2 heterocycles. The van der Waals surface area contributed by atoms with E-state index in [4.69, 9.17) is 9.15 Å². The second-order valence-electron chi connectivity index (χ2n) is 9.95. The third kappa shape index (κ3) is 5.39. The van der Waals surface area contributed by atoms with E-state index in [1.807, 2.05) is 61.5 Å². The van der Waals surface area contributed by atoms with Crippen LogP contribution in [0.3, 0.4) is 0 Å². The van der Waals surface area contributed by atoms with Crippen molar-refractivity contribution in [1.29, 1.82) is 0 Å². The van der Waals surface area contributed by atoms with Crippen LogP contribution in [0.15, 0.2) is 95.7 Å². The average molecular weight is 542 g/mol. The lowest BCUT2D eigenvalue weighted by molar-refractivity contribution is -0.905. The summed E-state index contributed by atoms with van der Waals surface area (Å²) in [6, 6.07) is 23.5. The van der Waals surface area contributed by atoms with Crippen molar-refractivity contribution < 1.29 is 33.4 Å². The Bertz CT molecular complexity index is 1680. The van der Waals surface area contributed by atoms with Crippen LogP contribution in [-0.2, 0) is 16.8 Å². The molecule has 3 aromatic carbocycles. The number of nitrogens with zero attached hydrogens (tertiary/aromatic N) is 1. The number of carbonyl (C=O) groups is 1. The maximum atomic E-state index is 14.5. The summed E-state index contributed by atoms with van der Waals surface area (Å²) in [5.74, 6) is -0.0633. The zero-order valence-corrected chi connectivity index (χ0v) is 22.4. The van der Waals surface area contributed by atoms with E-state index in [1.165, 1.54) is 19.2 Å². The highest BCUT2D eigenvalue weighted by molar-refractivity contribution is 5.83. The lowest BCUT2D eigenvalue weighted by atomic mass is 9.93. The highest BCUT2D eigenvalue weighted by Gasteiger charge is 2.34. The minimum atomic E-state index is -1.78. The molecule has 3 N–H and O–H groups in total. The van der Waals surface area contributed by atoms with Gasteiger partial charge in [-0.15, -0.1) is 0 Å². The molecule has 0 aliphatic rings. The van der Waals surface area contributed by atoms with Gasteiger partial charge < -0.3 is 19.6 Å². The van der Waals surface area contributed by atoms with E-state index in [1.54, 1.807) is 25.3 Å². The monoisotopic (exact) mass is 541 g/mol. The molecular weight excluding hydrogens is 511 g/mol. The number of aryl methyl sites for hydroxylation is 1. The summed E-state index contributed by atoms with van der Waals surface area (Å²) >= 11 is 0. The Morgan fingerprint density at radius 3 is 2.58 bits per heavy atom. The highest BCUT2D eigenvalue weighted by Crippen LogP contribution is 2.35. The summed E-state index contributed by atoms with van der Waals surface area (Å²) in [7, 11) is 1.62. The van der Waals surface area contributed by atoms with Gasteiger partial charge >= 0.3 is 0 Å². The van der Waals surface area contributed by atoms with Gasteiger partial charge in [-0.1, -0.05) is 42.5 Å². The number of benzene rings is 3. The van der Waals surface area contributed by atoms with Crippen LogP contribution < -0.4 is 14.8 Å². The number of ether oxygens (including phenoxy) is 1. The van der Waals surface area contributed by atoms with Crippen molar-refractivity contribution in [1.82, 2.24) is 5.32 Å². The number of hydrogen-bond acceptors (Lipinski definition) is 5. The lowest BCUT2D eigenvalue weighted by Crippen LogP contribution is -2.32. The summed E-state index contributed by atoms with van der Waals surface area (Å²) in [5.41, 5.74) is 2.34. The number of amides is 1. The molecule has 5 rings (SSSR count). The van der Waals surface area contributed by atoms with E-state index < -0.39 is 11.4 Å². The third-order valence-electron chi connectivity index (χ3n) is 7.07. The summed E-state index contributed by atoms with van der Waals surface area (Å²) in [6.45, 7) is 3.41. The fourth-order valence-corrected chi connectivity index (χ4v) is 4.91. The molecule has 0 saturated carbocycles. The quantitative estimate of drug-likeness (QED) is 0.187. The number of aromatic nitrogens is 1. The van der Waals surface area contributed by atoms with Gasteiger partial charge in [0.15, 0.2) is 5.82 Å². The zero-order chi connectivity index (χ0) is 28.4. The van der Waals surface area contributed by atoms with E-state index in [0.717, 1.165) is 34.2 Å². The number of halogens is 1. The number of fused-ring (bicyclic) bond motifs is 1. The van der Waals surface area contributed by atoms with Crippen LogP contribution in [0.5, 0.6) is 5.75 Å². The van der Waals surface area contributed by atoms with E-state index in [-0.39, 0.29) is 29.7 Å². The van der Waals surface area contributed by atoms with Crippen LogP contribution in [0, 0.1) is 12.7 Å². The molecule has 0 saturated heterocycles. The molecule has 2 unspecified atom stereocenters. The lowest BCUT2D eigenvalue weighted by Gasteiger charge is -2.22. The van der Waals surface area contributed by atoms with Gasteiger partial charge in [0.05, 0.1) is 19.6 Å². The predicted octanol–water partition coefficient (Wildman–Crippen LogP) is 5.12. The standard InChI is InChI=1S/C32H29FN2O5/c1-20-15-24(39-3)10-11-25(20)31(22-7-5-4-6-8-22)34-30(36)17-21-9-12-28-23(16-21)18-29(40-28)32(2,37)26-13-14-35(38)19-27(26)33/h4-16,18-19,31,37H,17H2,1-3H3,(H-,34,36,38)/p+1. The topological polar surface area (TPSA) is 95.8 Å². The number of aliphatic hydroxyl groups is 1. The third-order valence-corrected chi connectivity index (χ3v) is 7.07. The van der Waals surface area contributed by atoms with E-state index in [9.17, 15) is 19.5 Å².